The molecule has 8 heteroatoms. The molecule has 20 heavy (non-hydrogen) atoms. The van der Waals surface area contributed by atoms with E-state index in [1.807, 2.05) is 12.3 Å². The minimum Gasteiger partial charge on any atom is -0.253 e. The number of benzene rings is 1. The van der Waals surface area contributed by atoms with E-state index in [0.717, 1.165) is 11.9 Å². The van der Waals surface area contributed by atoms with Gasteiger partial charge in [-0.15, -0.1) is 11.3 Å². The first kappa shape index (κ1) is 15.0. The molecule has 5 nitrogen and oxygen atoms in total. The highest BCUT2D eigenvalue weighted by atomic mass is 35.5. The number of hydrazone groups is 1. The molecule has 2 rings (SSSR count). The van der Waals surface area contributed by atoms with Crippen LogP contribution in [-0.4, -0.2) is 25.9 Å². The van der Waals surface area contributed by atoms with Crippen LogP contribution in [0.15, 0.2) is 33.6 Å². The Morgan fingerprint density at radius 2 is 2.20 bits per heavy atom. The van der Waals surface area contributed by atoms with Crippen molar-refractivity contribution in [2.24, 2.45) is 5.10 Å². The smallest absolute Gasteiger partial charge is 0.203 e. The van der Waals surface area contributed by atoms with Gasteiger partial charge in [0.05, 0.1) is 21.8 Å². The van der Waals surface area contributed by atoms with Crippen LogP contribution < -0.4 is 5.43 Å². The van der Waals surface area contributed by atoms with E-state index in [1.165, 1.54) is 29.7 Å². The number of hydrogen-bond acceptors (Lipinski definition) is 6. The summed E-state index contributed by atoms with van der Waals surface area (Å²) < 4.78 is 22.8. The number of halogens is 1. The number of anilines is 1. The van der Waals surface area contributed by atoms with Crippen molar-refractivity contribution in [2.45, 2.75) is 11.8 Å². The molecule has 0 fully saturated rings. The number of rotatable bonds is 4. The Kier molecular flexibility index (Phi) is 4.42. The zero-order valence-corrected chi connectivity index (χ0v) is 13.2. The molecule has 0 spiro atoms. The maximum atomic E-state index is 11.4. The van der Waals surface area contributed by atoms with Crippen molar-refractivity contribution in [2.75, 3.05) is 11.7 Å². The first-order valence-corrected chi connectivity index (χ1v) is 8.72. The Bertz CT molecular complexity index is 754. The summed E-state index contributed by atoms with van der Waals surface area (Å²) in [6.07, 6.45) is 2.66. The van der Waals surface area contributed by atoms with E-state index in [2.05, 4.69) is 15.5 Å². The molecular weight excluding hydrogens is 318 g/mol. The van der Waals surface area contributed by atoms with Crippen LogP contribution in [0.4, 0.5) is 5.13 Å². The van der Waals surface area contributed by atoms with E-state index < -0.39 is 9.84 Å². The predicted molar refractivity (Wildman–Crippen MR) is 82.6 cm³/mol. The lowest BCUT2D eigenvalue weighted by molar-refractivity contribution is 0.602. The molecular formula is C12H12ClN3O2S2. The standard InChI is InChI=1S/C12H12ClN3O2S2/c1-8-7-19-12(15-8)16-14-6-9-3-4-10(5-11(9)13)20(2,17)18/h3-7H,1-2H3,(H,15,16). The molecule has 106 valence electrons. The Balaban J connectivity index is 2.14. The van der Waals surface area contributed by atoms with E-state index in [1.54, 1.807) is 6.07 Å². The van der Waals surface area contributed by atoms with Crippen molar-refractivity contribution in [3.63, 3.8) is 0 Å². The normalized spacial score (nSPS) is 11.9. The molecule has 0 radical (unpaired) electrons. The predicted octanol–water partition coefficient (Wildman–Crippen LogP) is 2.95. The summed E-state index contributed by atoms with van der Waals surface area (Å²) in [6.45, 7) is 1.90. The lowest BCUT2D eigenvalue weighted by Crippen LogP contribution is -1.98. The van der Waals surface area contributed by atoms with Crippen LogP contribution in [0.5, 0.6) is 0 Å². The molecule has 2 aromatic rings. The minimum absolute atomic E-state index is 0.183. The molecule has 1 N–H and O–H groups in total. The SMILES string of the molecule is Cc1csc(NN=Cc2ccc(S(C)(=O)=O)cc2Cl)n1. The summed E-state index contributed by atoms with van der Waals surface area (Å²) in [5, 5.41) is 6.94. The third-order valence-electron chi connectivity index (χ3n) is 2.38. The molecule has 0 atom stereocenters. The molecule has 1 aromatic carbocycles. The van der Waals surface area contributed by atoms with Crippen molar-refractivity contribution < 1.29 is 8.42 Å². The van der Waals surface area contributed by atoms with Gasteiger partial charge >= 0.3 is 0 Å². The zero-order chi connectivity index (χ0) is 14.8. The highest BCUT2D eigenvalue weighted by molar-refractivity contribution is 7.90. The molecule has 0 saturated heterocycles. The molecule has 0 aliphatic carbocycles. The van der Waals surface area contributed by atoms with Gasteiger partial charge in [0, 0.05) is 17.2 Å². The van der Waals surface area contributed by atoms with E-state index in [-0.39, 0.29) is 4.90 Å². The molecule has 1 heterocycles. The van der Waals surface area contributed by atoms with Crippen LogP contribution >= 0.6 is 22.9 Å². The van der Waals surface area contributed by atoms with Gasteiger partial charge in [-0.05, 0) is 19.1 Å². The lowest BCUT2D eigenvalue weighted by Gasteiger charge is -2.02. The van der Waals surface area contributed by atoms with Crippen LogP contribution in [0.1, 0.15) is 11.3 Å². The van der Waals surface area contributed by atoms with Gasteiger partial charge in [-0.1, -0.05) is 17.7 Å². The van der Waals surface area contributed by atoms with Gasteiger partial charge in [-0.3, -0.25) is 5.43 Å². The highest BCUT2D eigenvalue weighted by Gasteiger charge is 2.09. The Morgan fingerprint density at radius 3 is 2.75 bits per heavy atom. The monoisotopic (exact) mass is 329 g/mol. The first-order chi connectivity index (χ1) is 9.36. The number of aromatic nitrogens is 1. The summed E-state index contributed by atoms with van der Waals surface area (Å²) in [5.41, 5.74) is 4.33. The van der Waals surface area contributed by atoms with Gasteiger partial charge in [-0.25, -0.2) is 13.4 Å². The average molecular weight is 330 g/mol. The van der Waals surface area contributed by atoms with E-state index in [4.69, 9.17) is 11.6 Å². The number of thiazole rings is 1. The minimum atomic E-state index is -3.26. The largest absolute Gasteiger partial charge is 0.253 e. The molecule has 0 bridgehead atoms. The maximum absolute atomic E-state index is 11.4. The maximum Gasteiger partial charge on any atom is 0.203 e. The molecule has 0 aliphatic heterocycles. The van der Waals surface area contributed by atoms with Crippen LogP contribution in [0, 0.1) is 6.92 Å². The number of nitrogens with zero attached hydrogens (tertiary/aromatic N) is 2. The van der Waals surface area contributed by atoms with Crippen molar-refractivity contribution in [1.29, 1.82) is 0 Å². The molecule has 0 aliphatic rings. The first-order valence-electron chi connectivity index (χ1n) is 5.57. The zero-order valence-electron chi connectivity index (χ0n) is 10.8. The average Bonchev–Trinajstić information content (AvgIpc) is 2.76. The summed E-state index contributed by atoms with van der Waals surface area (Å²) >= 11 is 7.47. The Hall–Kier alpha value is -1.44. The van der Waals surface area contributed by atoms with Crippen LogP contribution in [-0.2, 0) is 9.84 Å². The second-order valence-corrected chi connectivity index (χ2v) is 7.40. The van der Waals surface area contributed by atoms with E-state index >= 15 is 0 Å². The Morgan fingerprint density at radius 1 is 1.45 bits per heavy atom. The van der Waals surface area contributed by atoms with Crippen molar-refractivity contribution in [1.82, 2.24) is 4.98 Å². The van der Waals surface area contributed by atoms with Crippen LogP contribution in [0.3, 0.4) is 0 Å². The van der Waals surface area contributed by atoms with Gasteiger partial charge in [0.1, 0.15) is 0 Å². The molecule has 0 unspecified atom stereocenters. The van der Waals surface area contributed by atoms with Gasteiger partial charge < -0.3 is 0 Å². The topological polar surface area (TPSA) is 71.4 Å². The fourth-order valence-electron chi connectivity index (χ4n) is 1.41. The summed E-state index contributed by atoms with van der Waals surface area (Å²) in [6, 6.07) is 4.51. The lowest BCUT2D eigenvalue weighted by atomic mass is 10.2. The summed E-state index contributed by atoms with van der Waals surface area (Å²) in [7, 11) is -3.26. The van der Waals surface area contributed by atoms with Crippen molar-refractivity contribution in [3.8, 4) is 0 Å². The molecule has 0 amide bonds. The van der Waals surface area contributed by atoms with Gasteiger partial charge in [-0.2, -0.15) is 5.10 Å². The van der Waals surface area contributed by atoms with Crippen molar-refractivity contribution >= 4 is 44.1 Å². The summed E-state index contributed by atoms with van der Waals surface area (Å²) in [4.78, 5) is 4.38. The van der Waals surface area contributed by atoms with Crippen LogP contribution in [0.25, 0.3) is 0 Å². The number of sulfone groups is 1. The number of nitrogens with one attached hydrogen (secondary N) is 1. The highest BCUT2D eigenvalue weighted by Crippen LogP contribution is 2.20. The fourth-order valence-corrected chi connectivity index (χ4v) is 2.98. The van der Waals surface area contributed by atoms with Gasteiger partial charge in [0.15, 0.2) is 9.84 Å². The second-order valence-electron chi connectivity index (χ2n) is 4.12. The Labute approximate surface area is 126 Å². The third-order valence-corrected chi connectivity index (χ3v) is 4.69. The quantitative estimate of drug-likeness (QED) is 0.691. The number of aryl methyl sites for hydroxylation is 1. The van der Waals surface area contributed by atoms with E-state index in [9.17, 15) is 8.42 Å². The fraction of sp³-hybridized carbons (Fsp3) is 0.167. The van der Waals surface area contributed by atoms with Gasteiger partial charge in [0.2, 0.25) is 5.13 Å². The third kappa shape index (κ3) is 3.78. The molecule has 0 saturated carbocycles. The number of hydrogen-bond donors (Lipinski definition) is 1. The second kappa shape index (κ2) is 5.90. The van der Waals surface area contributed by atoms with E-state index in [0.29, 0.717) is 15.7 Å². The molecule has 1 aromatic heterocycles. The summed E-state index contributed by atoms with van der Waals surface area (Å²) in [5.74, 6) is 0. The van der Waals surface area contributed by atoms with Gasteiger partial charge in [0.25, 0.3) is 0 Å². The van der Waals surface area contributed by atoms with Crippen molar-refractivity contribution in [3.05, 3.63) is 39.9 Å². The van der Waals surface area contributed by atoms with Crippen LogP contribution in [0.2, 0.25) is 5.02 Å².